The van der Waals surface area contributed by atoms with Gasteiger partial charge in [0.1, 0.15) is 6.61 Å². The van der Waals surface area contributed by atoms with E-state index in [0.29, 0.717) is 0 Å². The third-order valence-corrected chi connectivity index (χ3v) is 1.62. The van der Waals surface area contributed by atoms with Gasteiger partial charge in [-0.25, -0.2) is 9.59 Å². The van der Waals surface area contributed by atoms with Crippen LogP contribution in [0.5, 0.6) is 0 Å². The number of nitrogens with zero attached hydrogens (tertiary/aromatic N) is 2. The second kappa shape index (κ2) is 7.54. The fraction of sp³-hybridized carbons (Fsp3) is 0.636. The highest BCUT2D eigenvalue weighted by Gasteiger charge is 2.20. The molecule has 0 rings (SSSR count). The van der Waals surface area contributed by atoms with Gasteiger partial charge in [-0.05, 0) is 34.2 Å². The zero-order chi connectivity index (χ0) is 14.2. The van der Waals surface area contributed by atoms with E-state index in [1.165, 1.54) is 0 Å². The molecule has 1 unspecified atom stereocenters. The molecular formula is C11H18N2O5. The molecule has 0 bridgehead atoms. The van der Waals surface area contributed by atoms with Crippen LogP contribution in [0.4, 0.5) is 9.59 Å². The van der Waals surface area contributed by atoms with Crippen molar-refractivity contribution in [1.29, 1.82) is 0 Å². The van der Waals surface area contributed by atoms with Gasteiger partial charge in [0.2, 0.25) is 0 Å². The van der Waals surface area contributed by atoms with E-state index < -0.39 is 23.9 Å². The van der Waals surface area contributed by atoms with E-state index in [1.54, 1.807) is 0 Å². The van der Waals surface area contributed by atoms with Gasteiger partial charge in [0.25, 0.3) is 0 Å². The minimum Gasteiger partial charge on any atom is -0.444 e. The van der Waals surface area contributed by atoms with Crippen LogP contribution >= 0.6 is 0 Å². The molecule has 0 fully saturated rings. The number of amides is 2. The molecule has 18 heavy (non-hydrogen) atoms. The van der Waals surface area contributed by atoms with Gasteiger partial charge < -0.3 is 14.2 Å². The summed E-state index contributed by atoms with van der Waals surface area (Å²) in [5.41, 5.74) is -0.410. The minimum atomic E-state index is -0.861. The number of hydrogen-bond acceptors (Lipinski definition) is 5. The van der Waals surface area contributed by atoms with E-state index in [1.807, 2.05) is 20.8 Å². The lowest BCUT2D eigenvalue weighted by atomic mass is 10.2. The fourth-order valence-electron chi connectivity index (χ4n) is 0.849. The molecule has 0 aromatic rings. The van der Waals surface area contributed by atoms with Crippen LogP contribution in [0, 0.1) is 0 Å². The quantitative estimate of drug-likeness (QED) is 0.702. The molecule has 0 aliphatic carbocycles. The highest BCUT2D eigenvalue weighted by atomic mass is 16.6. The van der Waals surface area contributed by atoms with Gasteiger partial charge in [0.15, 0.2) is 6.10 Å². The van der Waals surface area contributed by atoms with Crippen molar-refractivity contribution in [3.05, 3.63) is 0 Å². The monoisotopic (exact) mass is 258 g/mol. The Labute approximate surface area is 106 Å². The maximum absolute atomic E-state index is 11.0. The summed E-state index contributed by atoms with van der Waals surface area (Å²) in [6.45, 7) is 11.4. The largest absolute Gasteiger partial charge is 0.444 e. The predicted molar refractivity (Wildman–Crippen MR) is 66.4 cm³/mol. The van der Waals surface area contributed by atoms with Gasteiger partial charge in [-0.2, -0.15) is 9.98 Å². The Hall–Kier alpha value is -1.76. The van der Waals surface area contributed by atoms with Gasteiger partial charge in [0, 0.05) is 0 Å². The smallest absolute Gasteiger partial charge is 0.433 e. The summed E-state index contributed by atoms with van der Waals surface area (Å²) >= 11 is 0. The molecule has 0 aliphatic rings. The maximum Gasteiger partial charge on any atom is 0.433 e. The number of rotatable bonds is 5. The average molecular weight is 258 g/mol. The van der Waals surface area contributed by atoms with Crippen LogP contribution < -0.4 is 0 Å². The van der Waals surface area contributed by atoms with E-state index in [4.69, 9.17) is 9.47 Å². The average Bonchev–Trinajstić information content (AvgIpc) is 2.30. The summed E-state index contributed by atoms with van der Waals surface area (Å²) in [4.78, 5) is 27.9. The number of ether oxygens (including phenoxy) is 3. The first kappa shape index (κ1) is 16.2. The predicted octanol–water partition coefficient (Wildman–Crippen LogP) is 1.84. The summed E-state index contributed by atoms with van der Waals surface area (Å²) in [7, 11) is 0. The molecular weight excluding hydrogens is 240 g/mol. The van der Waals surface area contributed by atoms with Crippen molar-refractivity contribution < 1.29 is 23.8 Å². The van der Waals surface area contributed by atoms with E-state index in [2.05, 4.69) is 28.2 Å². The first-order valence-corrected chi connectivity index (χ1v) is 5.23. The molecule has 2 amide bonds. The van der Waals surface area contributed by atoms with Gasteiger partial charge >= 0.3 is 12.2 Å². The van der Waals surface area contributed by atoms with Gasteiger partial charge in [-0.15, -0.1) is 0 Å². The fourth-order valence-corrected chi connectivity index (χ4v) is 0.849. The molecule has 102 valence electrons. The van der Waals surface area contributed by atoms with Gasteiger partial charge in [0.05, 0.1) is 12.2 Å². The van der Waals surface area contributed by atoms with Crippen molar-refractivity contribution in [2.24, 2.45) is 9.98 Å². The van der Waals surface area contributed by atoms with Crippen LogP contribution in [0.3, 0.4) is 0 Å². The molecule has 7 heteroatoms. The summed E-state index contributed by atoms with van der Waals surface area (Å²) in [6, 6.07) is 0. The Bertz CT molecular complexity index is 322. The Balaban J connectivity index is 4.32. The van der Waals surface area contributed by atoms with Crippen LogP contribution in [0.1, 0.15) is 20.8 Å². The van der Waals surface area contributed by atoms with Crippen molar-refractivity contribution >= 4 is 25.6 Å². The molecule has 0 saturated carbocycles. The zero-order valence-corrected chi connectivity index (χ0v) is 10.8. The molecule has 0 aromatic carbocycles. The molecule has 0 N–H and O–H groups in total. The maximum atomic E-state index is 11.0. The first-order chi connectivity index (χ1) is 8.28. The Morgan fingerprint density at radius 1 is 1.11 bits per heavy atom. The van der Waals surface area contributed by atoms with Crippen molar-refractivity contribution in [1.82, 2.24) is 0 Å². The summed E-state index contributed by atoms with van der Waals surface area (Å²) in [5, 5.41) is 0. The number of carbonyl (C=O) groups is 2. The highest BCUT2D eigenvalue weighted by Crippen LogP contribution is 2.09. The van der Waals surface area contributed by atoms with Gasteiger partial charge in [-0.3, -0.25) is 0 Å². The van der Waals surface area contributed by atoms with Crippen LogP contribution in [-0.4, -0.2) is 50.5 Å². The summed E-state index contributed by atoms with van der Waals surface area (Å²) in [5.74, 6) is 0. The second-order valence-electron chi connectivity index (χ2n) is 4.32. The molecule has 0 radical (unpaired) electrons. The third kappa shape index (κ3) is 8.40. The molecule has 7 nitrogen and oxygen atoms in total. The van der Waals surface area contributed by atoms with Gasteiger partial charge in [-0.1, -0.05) is 0 Å². The number of aliphatic imine (C=N–C) groups is 2. The summed E-state index contributed by atoms with van der Waals surface area (Å²) < 4.78 is 15.0. The van der Waals surface area contributed by atoms with Crippen LogP contribution in [-0.2, 0) is 14.2 Å². The standard InChI is InChI=1S/C11H18N2O5/c1-11(2,3)17-7-8(18-10(15)13-5)6-16-9(14)12-4/h8H,4-7H2,1-3H3. The Kier molecular flexibility index (Phi) is 6.81. The number of carbonyl (C=O) groups excluding carboxylic acids is 2. The van der Waals surface area contributed by atoms with E-state index >= 15 is 0 Å². The normalized spacial score (nSPS) is 12.4. The molecule has 0 heterocycles. The highest BCUT2D eigenvalue weighted by molar-refractivity contribution is 5.73. The van der Waals surface area contributed by atoms with Crippen LogP contribution in [0.2, 0.25) is 0 Å². The molecule has 0 aliphatic heterocycles. The minimum absolute atomic E-state index is 0.0647. The van der Waals surface area contributed by atoms with E-state index in [-0.39, 0.29) is 13.2 Å². The lowest BCUT2D eigenvalue weighted by molar-refractivity contribution is -0.0647. The van der Waals surface area contributed by atoms with E-state index in [9.17, 15) is 9.59 Å². The number of hydrogen-bond donors (Lipinski definition) is 0. The van der Waals surface area contributed by atoms with E-state index in [0.717, 1.165) is 0 Å². The zero-order valence-electron chi connectivity index (χ0n) is 10.8. The van der Waals surface area contributed by atoms with Crippen LogP contribution in [0.25, 0.3) is 0 Å². The lowest BCUT2D eigenvalue weighted by Gasteiger charge is -2.23. The summed E-state index contributed by atoms with van der Waals surface area (Å²) in [6.07, 6.45) is -2.48. The molecule has 0 saturated heterocycles. The Morgan fingerprint density at radius 2 is 1.67 bits per heavy atom. The SMILES string of the molecule is C=NC(=O)OCC(COC(C)(C)C)OC(=O)N=C. The third-order valence-electron chi connectivity index (χ3n) is 1.62. The second-order valence-corrected chi connectivity index (χ2v) is 4.32. The Morgan fingerprint density at radius 3 is 2.11 bits per heavy atom. The first-order valence-electron chi connectivity index (χ1n) is 5.23. The van der Waals surface area contributed by atoms with Crippen LogP contribution in [0.15, 0.2) is 9.98 Å². The molecule has 0 spiro atoms. The van der Waals surface area contributed by atoms with Crippen molar-refractivity contribution in [2.75, 3.05) is 13.2 Å². The van der Waals surface area contributed by atoms with Crippen molar-refractivity contribution in [3.8, 4) is 0 Å². The topological polar surface area (TPSA) is 86.5 Å². The van der Waals surface area contributed by atoms with Crippen molar-refractivity contribution in [2.45, 2.75) is 32.5 Å². The molecule has 0 aromatic heterocycles. The molecule has 1 atom stereocenters. The lowest BCUT2D eigenvalue weighted by Crippen LogP contribution is -2.32. The van der Waals surface area contributed by atoms with Crippen molar-refractivity contribution in [3.63, 3.8) is 0 Å².